The van der Waals surface area contributed by atoms with E-state index in [1.165, 1.54) is 12.5 Å². The Kier molecular flexibility index (Phi) is 3.93. The molecule has 0 amide bonds. The molecule has 0 atom stereocenters. The van der Waals surface area contributed by atoms with Gasteiger partial charge in [-0.25, -0.2) is 13.4 Å². The third-order valence-electron chi connectivity index (χ3n) is 1.93. The zero-order chi connectivity index (χ0) is 12.3. The molecule has 0 aliphatic heterocycles. The second-order valence-electron chi connectivity index (χ2n) is 3.47. The molecule has 0 unspecified atom stereocenters. The van der Waals surface area contributed by atoms with Crippen molar-refractivity contribution < 1.29 is 8.42 Å². The molecule has 90 valence electrons. The van der Waals surface area contributed by atoms with Gasteiger partial charge in [-0.05, 0) is 11.6 Å². The maximum atomic E-state index is 11.0. The topological polar surface area (TPSA) is 89.2 Å². The van der Waals surface area contributed by atoms with Gasteiger partial charge in [-0.2, -0.15) is 4.98 Å². The fourth-order valence-electron chi connectivity index (χ4n) is 1.08. The summed E-state index contributed by atoms with van der Waals surface area (Å²) in [6.45, 7) is 0.302. The van der Waals surface area contributed by atoms with Crippen LogP contribution in [0, 0.1) is 0 Å². The molecule has 6 nitrogen and oxygen atoms in total. The van der Waals surface area contributed by atoms with Crippen LogP contribution in [0.25, 0.3) is 0 Å². The minimum Gasteiger partial charge on any atom is -0.394 e. The molecule has 0 aliphatic rings. The van der Waals surface area contributed by atoms with E-state index in [0.717, 1.165) is 0 Å². The first-order valence-corrected chi connectivity index (χ1v) is 6.90. The smallest absolute Gasteiger partial charge is 0.224 e. The summed E-state index contributed by atoms with van der Waals surface area (Å²) in [5, 5.41) is 0.0791. The standard InChI is InChI=1S/C8H13ClN4O2S/c1-13(3-4-16(2,14)15)7-6(10)5-11-8(9)12-7/h5H,3-4,10H2,1-2H3. The highest BCUT2D eigenvalue weighted by Crippen LogP contribution is 2.19. The maximum absolute atomic E-state index is 11.0. The van der Waals surface area contributed by atoms with Crippen molar-refractivity contribution in [1.82, 2.24) is 9.97 Å². The van der Waals surface area contributed by atoms with Crippen molar-refractivity contribution in [1.29, 1.82) is 0 Å². The first kappa shape index (κ1) is 13.0. The number of sulfone groups is 1. The van der Waals surface area contributed by atoms with E-state index in [1.54, 1.807) is 11.9 Å². The monoisotopic (exact) mass is 264 g/mol. The molecular weight excluding hydrogens is 252 g/mol. The molecule has 0 aromatic carbocycles. The number of halogens is 1. The second kappa shape index (κ2) is 4.84. The van der Waals surface area contributed by atoms with E-state index in [1.807, 2.05) is 0 Å². The fourth-order valence-corrected chi connectivity index (χ4v) is 1.81. The van der Waals surface area contributed by atoms with Crippen molar-refractivity contribution in [2.24, 2.45) is 0 Å². The van der Waals surface area contributed by atoms with E-state index in [2.05, 4.69) is 9.97 Å². The van der Waals surface area contributed by atoms with Crippen LogP contribution in [0.1, 0.15) is 0 Å². The predicted molar refractivity (Wildman–Crippen MR) is 64.4 cm³/mol. The van der Waals surface area contributed by atoms with E-state index < -0.39 is 9.84 Å². The number of nitrogens with zero attached hydrogens (tertiary/aromatic N) is 3. The van der Waals surface area contributed by atoms with Gasteiger partial charge in [-0.15, -0.1) is 0 Å². The molecule has 8 heteroatoms. The van der Waals surface area contributed by atoms with Crippen LogP contribution in [-0.4, -0.2) is 44.0 Å². The lowest BCUT2D eigenvalue weighted by atomic mass is 10.4. The molecule has 0 saturated carbocycles. The van der Waals surface area contributed by atoms with Crippen LogP contribution in [0.15, 0.2) is 6.20 Å². The maximum Gasteiger partial charge on any atom is 0.224 e. The minimum absolute atomic E-state index is 0.0323. The van der Waals surface area contributed by atoms with Crippen LogP contribution < -0.4 is 10.6 Å². The first-order valence-electron chi connectivity index (χ1n) is 4.46. The van der Waals surface area contributed by atoms with E-state index in [9.17, 15) is 8.42 Å². The lowest BCUT2D eigenvalue weighted by Crippen LogP contribution is -2.26. The van der Waals surface area contributed by atoms with Crippen molar-refractivity contribution in [3.05, 3.63) is 11.5 Å². The number of aromatic nitrogens is 2. The fraction of sp³-hybridized carbons (Fsp3) is 0.500. The molecule has 0 bridgehead atoms. The van der Waals surface area contributed by atoms with Gasteiger partial charge < -0.3 is 10.6 Å². The third-order valence-corrected chi connectivity index (χ3v) is 3.03. The molecule has 2 N–H and O–H groups in total. The van der Waals surface area contributed by atoms with Gasteiger partial charge in [0.1, 0.15) is 9.84 Å². The Balaban J connectivity index is 2.80. The van der Waals surface area contributed by atoms with Gasteiger partial charge in [0.2, 0.25) is 5.28 Å². The summed E-state index contributed by atoms with van der Waals surface area (Å²) in [6.07, 6.45) is 2.57. The van der Waals surface area contributed by atoms with Gasteiger partial charge in [-0.1, -0.05) is 0 Å². The quantitative estimate of drug-likeness (QED) is 0.781. The van der Waals surface area contributed by atoms with Crippen LogP contribution in [-0.2, 0) is 9.84 Å². The van der Waals surface area contributed by atoms with Crippen molar-refractivity contribution >= 4 is 32.9 Å². The van der Waals surface area contributed by atoms with E-state index in [-0.39, 0.29) is 11.0 Å². The van der Waals surface area contributed by atoms with Gasteiger partial charge in [0.15, 0.2) is 5.82 Å². The third kappa shape index (κ3) is 3.82. The highest BCUT2D eigenvalue weighted by atomic mass is 35.5. The Hall–Kier alpha value is -1.08. The Morgan fingerprint density at radius 2 is 2.19 bits per heavy atom. The van der Waals surface area contributed by atoms with Crippen LogP contribution in [0.2, 0.25) is 5.28 Å². The van der Waals surface area contributed by atoms with Crippen LogP contribution in [0.3, 0.4) is 0 Å². The lowest BCUT2D eigenvalue weighted by molar-refractivity contribution is 0.601. The lowest BCUT2D eigenvalue weighted by Gasteiger charge is -2.18. The first-order chi connectivity index (χ1) is 7.29. The van der Waals surface area contributed by atoms with Crippen LogP contribution in [0.5, 0.6) is 0 Å². The number of anilines is 2. The summed E-state index contributed by atoms with van der Waals surface area (Å²) in [4.78, 5) is 9.28. The molecule has 0 saturated heterocycles. The second-order valence-corrected chi connectivity index (χ2v) is 6.07. The number of hydrogen-bond acceptors (Lipinski definition) is 6. The predicted octanol–water partition coefficient (Wildman–Crippen LogP) is 0.193. The number of nitrogens with two attached hydrogens (primary N) is 1. The van der Waals surface area contributed by atoms with Gasteiger partial charge in [-0.3, -0.25) is 0 Å². The average molecular weight is 265 g/mol. The number of hydrogen-bond donors (Lipinski definition) is 1. The molecule has 0 radical (unpaired) electrons. The van der Waals surface area contributed by atoms with Crippen molar-refractivity contribution in [3.63, 3.8) is 0 Å². The molecule has 1 aromatic rings. The summed E-state index contributed by atoms with van der Waals surface area (Å²) in [5.74, 6) is 0.466. The van der Waals surface area contributed by atoms with Crippen molar-refractivity contribution in [2.75, 3.05) is 36.2 Å². The summed E-state index contributed by atoms with van der Waals surface area (Å²) in [6, 6.07) is 0. The molecule has 0 fully saturated rings. The number of nitrogen functional groups attached to an aromatic ring is 1. The van der Waals surface area contributed by atoms with E-state index in [0.29, 0.717) is 18.1 Å². The number of rotatable bonds is 4. The molecular formula is C8H13ClN4O2S. The zero-order valence-electron chi connectivity index (χ0n) is 9.01. The molecule has 0 aliphatic carbocycles. The summed E-state index contributed by atoms with van der Waals surface area (Å²) < 4.78 is 22.0. The van der Waals surface area contributed by atoms with Crippen LogP contribution in [0.4, 0.5) is 11.5 Å². The molecule has 0 spiro atoms. The Labute approximate surface area is 99.4 Å². The largest absolute Gasteiger partial charge is 0.394 e. The Bertz CT molecular complexity index is 477. The Morgan fingerprint density at radius 1 is 1.56 bits per heavy atom. The molecule has 1 rings (SSSR count). The van der Waals surface area contributed by atoms with Gasteiger partial charge in [0.05, 0.1) is 17.6 Å². The van der Waals surface area contributed by atoms with Gasteiger partial charge >= 0.3 is 0 Å². The molecule has 1 heterocycles. The summed E-state index contributed by atoms with van der Waals surface area (Å²) in [7, 11) is -1.31. The highest BCUT2D eigenvalue weighted by molar-refractivity contribution is 7.90. The summed E-state index contributed by atoms with van der Waals surface area (Å²) in [5.41, 5.74) is 6.02. The van der Waals surface area contributed by atoms with Crippen molar-refractivity contribution in [3.8, 4) is 0 Å². The molecule has 1 aromatic heterocycles. The van der Waals surface area contributed by atoms with Crippen LogP contribution >= 0.6 is 11.6 Å². The minimum atomic E-state index is -3.01. The summed E-state index contributed by atoms with van der Waals surface area (Å²) >= 11 is 5.63. The molecule has 16 heavy (non-hydrogen) atoms. The van der Waals surface area contributed by atoms with Gasteiger partial charge in [0.25, 0.3) is 0 Å². The van der Waals surface area contributed by atoms with E-state index >= 15 is 0 Å². The zero-order valence-corrected chi connectivity index (χ0v) is 10.6. The van der Waals surface area contributed by atoms with Crippen molar-refractivity contribution in [2.45, 2.75) is 0 Å². The SMILES string of the molecule is CN(CCS(C)(=O)=O)c1nc(Cl)ncc1N. The van der Waals surface area contributed by atoms with E-state index in [4.69, 9.17) is 17.3 Å². The Morgan fingerprint density at radius 3 is 2.75 bits per heavy atom. The normalized spacial score (nSPS) is 11.4. The highest BCUT2D eigenvalue weighted by Gasteiger charge is 2.11. The van der Waals surface area contributed by atoms with Gasteiger partial charge in [0, 0.05) is 19.8 Å². The average Bonchev–Trinajstić information content (AvgIpc) is 2.17.